The maximum Gasteiger partial charge on any atom is 0.422 e. The van der Waals surface area contributed by atoms with E-state index in [0.29, 0.717) is 5.69 Å². The molecule has 1 aliphatic rings. The number of rotatable bonds is 3. The Hall–Kier alpha value is -1.76. The molecular weight excluding hydrogens is 261 g/mol. The standard InChI is InChI=1S/C12H13F3N2O2/c13-12(14,15)7-19-10-4-2-1-3-9(10)17-6-8(16)5-11(17)18/h1-4,8H,5-7,16H2. The van der Waals surface area contributed by atoms with Crippen LogP contribution in [0.5, 0.6) is 5.75 Å². The summed E-state index contributed by atoms with van der Waals surface area (Å²) < 4.78 is 41.2. The second-order valence-corrected chi connectivity index (χ2v) is 4.34. The third-order valence-electron chi connectivity index (χ3n) is 2.70. The summed E-state index contributed by atoms with van der Waals surface area (Å²) in [6.07, 6.45) is -4.23. The maximum absolute atomic E-state index is 12.2. The molecule has 19 heavy (non-hydrogen) atoms. The molecule has 1 atom stereocenters. The Morgan fingerprint density at radius 1 is 1.37 bits per heavy atom. The molecule has 2 rings (SSSR count). The van der Waals surface area contributed by atoms with Crippen molar-refractivity contribution in [2.75, 3.05) is 18.1 Å². The summed E-state index contributed by atoms with van der Waals surface area (Å²) in [6, 6.07) is 5.82. The van der Waals surface area contributed by atoms with Gasteiger partial charge in [0.1, 0.15) is 5.75 Å². The number of carbonyl (C=O) groups excluding carboxylic acids is 1. The first-order chi connectivity index (χ1) is 8.87. The zero-order valence-electron chi connectivity index (χ0n) is 9.98. The first kappa shape index (κ1) is 13.7. The second kappa shape index (κ2) is 5.08. The third kappa shape index (κ3) is 3.37. The number of anilines is 1. The predicted octanol–water partition coefficient (Wildman–Crippen LogP) is 1.69. The predicted molar refractivity (Wildman–Crippen MR) is 62.9 cm³/mol. The van der Waals surface area contributed by atoms with Gasteiger partial charge in [-0.25, -0.2) is 0 Å². The van der Waals surface area contributed by atoms with Crippen molar-refractivity contribution in [2.24, 2.45) is 5.73 Å². The molecule has 0 aromatic heterocycles. The fourth-order valence-electron chi connectivity index (χ4n) is 1.93. The van der Waals surface area contributed by atoms with Crippen LogP contribution in [0.2, 0.25) is 0 Å². The Morgan fingerprint density at radius 2 is 2.05 bits per heavy atom. The van der Waals surface area contributed by atoms with E-state index in [-0.39, 0.29) is 30.7 Å². The van der Waals surface area contributed by atoms with E-state index in [0.717, 1.165) is 0 Å². The van der Waals surface area contributed by atoms with Gasteiger partial charge in [-0.1, -0.05) is 12.1 Å². The molecule has 0 aliphatic carbocycles. The number of amides is 1. The lowest BCUT2D eigenvalue weighted by Gasteiger charge is -2.20. The molecule has 1 fully saturated rings. The SMILES string of the molecule is NC1CC(=O)N(c2ccccc2OCC(F)(F)F)C1. The van der Waals surface area contributed by atoms with Crippen molar-refractivity contribution >= 4 is 11.6 Å². The average molecular weight is 274 g/mol. The van der Waals surface area contributed by atoms with Crippen LogP contribution in [0.25, 0.3) is 0 Å². The molecule has 2 N–H and O–H groups in total. The van der Waals surface area contributed by atoms with Gasteiger partial charge in [-0.15, -0.1) is 0 Å². The van der Waals surface area contributed by atoms with Crippen LogP contribution in [0.15, 0.2) is 24.3 Å². The molecule has 1 heterocycles. The summed E-state index contributed by atoms with van der Waals surface area (Å²) in [4.78, 5) is 13.1. The molecule has 1 aromatic carbocycles. The Kier molecular flexibility index (Phi) is 3.66. The van der Waals surface area contributed by atoms with Crippen molar-refractivity contribution in [1.82, 2.24) is 0 Å². The fraction of sp³-hybridized carbons (Fsp3) is 0.417. The number of alkyl halides is 3. The highest BCUT2D eigenvalue weighted by molar-refractivity contribution is 5.97. The zero-order valence-corrected chi connectivity index (χ0v) is 9.98. The van der Waals surface area contributed by atoms with E-state index in [1.165, 1.54) is 11.0 Å². The van der Waals surface area contributed by atoms with Gasteiger partial charge in [0, 0.05) is 19.0 Å². The van der Waals surface area contributed by atoms with Crippen molar-refractivity contribution in [1.29, 1.82) is 0 Å². The number of benzene rings is 1. The topological polar surface area (TPSA) is 55.6 Å². The summed E-state index contributed by atoms with van der Waals surface area (Å²) >= 11 is 0. The molecule has 1 unspecified atom stereocenters. The van der Waals surface area contributed by atoms with Gasteiger partial charge in [0.25, 0.3) is 0 Å². The molecule has 7 heteroatoms. The van der Waals surface area contributed by atoms with E-state index < -0.39 is 12.8 Å². The molecule has 1 aromatic rings. The molecule has 0 saturated carbocycles. The number of ether oxygens (including phenoxy) is 1. The van der Waals surface area contributed by atoms with Crippen LogP contribution in [0.1, 0.15) is 6.42 Å². The molecule has 104 valence electrons. The van der Waals surface area contributed by atoms with Gasteiger partial charge in [0.15, 0.2) is 6.61 Å². The van der Waals surface area contributed by atoms with Crippen LogP contribution in [0, 0.1) is 0 Å². The summed E-state index contributed by atoms with van der Waals surface area (Å²) in [6.45, 7) is -1.11. The fourth-order valence-corrected chi connectivity index (χ4v) is 1.93. The first-order valence-electron chi connectivity index (χ1n) is 5.71. The van der Waals surface area contributed by atoms with Crippen molar-refractivity contribution in [3.05, 3.63) is 24.3 Å². The highest BCUT2D eigenvalue weighted by Crippen LogP contribution is 2.32. The molecule has 0 radical (unpaired) electrons. The number of halogens is 3. The van der Waals surface area contributed by atoms with Crippen molar-refractivity contribution < 1.29 is 22.7 Å². The second-order valence-electron chi connectivity index (χ2n) is 4.34. The van der Waals surface area contributed by atoms with Gasteiger partial charge >= 0.3 is 6.18 Å². The van der Waals surface area contributed by atoms with E-state index in [1.807, 2.05) is 0 Å². The Morgan fingerprint density at radius 3 is 2.63 bits per heavy atom. The van der Waals surface area contributed by atoms with Crippen LogP contribution in [0.4, 0.5) is 18.9 Å². The minimum atomic E-state index is -4.42. The average Bonchev–Trinajstić information content (AvgIpc) is 2.65. The van der Waals surface area contributed by atoms with Crippen LogP contribution in [-0.2, 0) is 4.79 Å². The van der Waals surface area contributed by atoms with Gasteiger partial charge in [0.2, 0.25) is 5.91 Å². The summed E-state index contributed by atoms with van der Waals surface area (Å²) in [5.74, 6) is -0.183. The van der Waals surface area contributed by atoms with Crippen molar-refractivity contribution in [2.45, 2.75) is 18.6 Å². The molecular formula is C12H13F3N2O2. The van der Waals surface area contributed by atoms with Crippen molar-refractivity contribution in [3.63, 3.8) is 0 Å². The smallest absolute Gasteiger partial charge is 0.422 e. The normalized spacial score (nSPS) is 19.9. The highest BCUT2D eigenvalue weighted by Gasteiger charge is 2.32. The van der Waals surface area contributed by atoms with Gasteiger partial charge in [-0.05, 0) is 12.1 Å². The van der Waals surface area contributed by atoms with Crippen LogP contribution < -0.4 is 15.4 Å². The molecule has 1 amide bonds. The number of hydrogen-bond donors (Lipinski definition) is 1. The minimum Gasteiger partial charge on any atom is -0.482 e. The lowest BCUT2D eigenvalue weighted by molar-refractivity contribution is -0.153. The lowest BCUT2D eigenvalue weighted by atomic mass is 10.2. The largest absolute Gasteiger partial charge is 0.482 e. The molecule has 1 saturated heterocycles. The van der Waals surface area contributed by atoms with E-state index in [1.54, 1.807) is 18.2 Å². The van der Waals surface area contributed by atoms with Gasteiger partial charge in [0.05, 0.1) is 5.69 Å². The summed E-state index contributed by atoms with van der Waals surface area (Å²) in [7, 11) is 0. The molecule has 1 aliphatic heterocycles. The Bertz CT molecular complexity index is 476. The van der Waals surface area contributed by atoms with E-state index in [9.17, 15) is 18.0 Å². The lowest BCUT2D eigenvalue weighted by Crippen LogP contribution is -2.29. The van der Waals surface area contributed by atoms with E-state index >= 15 is 0 Å². The van der Waals surface area contributed by atoms with Gasteiger partial charge in [-0.2, -0.15) is 13.2 Å². The van der Waals surface area contributed by atoms with Crippen LogP contribution in [0.3, 0.4) is 0 Å². The first-order valence-corrected chi connectivity index (χ1v) is 5.71. The third-order valence-corrected chi connectivity index (χ3v) is 2.70. The van der Waals surface area contributed by atoms with Crippen molar-refractivity contribution in [3.8, 4) is 5.75 Å². The number of nitrogens with two attached hydrogens (primary N) is 1. The van der Waals surface area contributed by atoms with Gasteiger partial charge in [-0.3, -0.25) is 4.79 Å². The van der Waals surface area contributed by atoms with E-state index in [4.69, 9.17) is 10.5 Å². The summed E-state index contributed by atoms with van der Waals surface area (Å²) in [5, 5.41) is 0. The molecule has 0 bridgehead atoms. The quantitative estimate of drug-likeness (QED) is 0.912. The monoisotopic (exact) mass is 274 g/mol. The van der Waals surface area contributed by atoms with Crippen LogP contribution >= 0.6 is 0 Å². The number of carbonyl (C=O) groups is 1. The number of para-hydroxylation sites is 2. The van der Waals surface area contributed by atoms with E-state index in [2.05, 4.69) is 0 Å². The minimum absolute atomic E-state index is 0.0299. The zero-order chi connectivity index (χ0) is 14.0. The van der Waals surface area contributed by atoms with Gasteiger partial charge < -0.3 is 15.4 Å². The Labute approximate surface area is 107 Å². The Balaban J connectivity index is 2.19. The highest BCUT2D eigenvalue weighted by atomic mass is 19.4. The van der Waals surface area contributed by atoms with Crippen LogP contribution in [-0.4, -0.2) is 31.3 Å². The molecule has 0 spiro atoms. The maximum atomic E-state index is 12.2. The number of nitrogens with zero attached hydrogens (tertiary/aromatic N) is 1. The molecule has 4 nitrogen and oxygen atoms in total. The summed E-state index contributed by atoms with van der Waals surface area (Å²) in [5.41, 5.74) is 5.99. The number of hydrogen-bond acceptors (Lipinski definition) is 3.